The maximum absolute atomic E-state index is 14.0. The van der Waals surface area contributed by atoms with Gasteiger partial charge in [0.2, 0.25) is 11.8 Å². The average molecular weight is 338 g/mol. The van der Waals surface area contributed by atoms with Crippen LogP contribution in [-0.2, 0) is 16.1 Å². The highest BCUT2D eigenvalue weighted by molar-refractivity contribution is 6.01. The van der Waals surface area contributed by atoms with Crippen molar-refractivity contribution in [3.05, 3.63) is 65.5 Å². The summed E-state index contributed by atoms with van der Waals surface area (Å²) in [6, 6.07) is 14.1. The lowest BCUT2D eigenvalue weighted by molar-refractivity contribution is -0.136. The maximum Gasteiger partial charge on any atom is 0.231 e. The van der Waals surface area contributed by atoms with Crippen molar-refractivity contribution in [3.63, 3.8) is 0 Å². The zero-order valence-corrected chi connectivity index (χ0v) is 13.7. The Balaban J connectivity index is 1.64. The van der Waals surface area contributed by atoms with Crippen molar-refractivity contribution in [2.24, 2.45) is 0 Å². The number of rotatable bonds is 4. The van der Waals surface area contributed by atoms with Gasteiger partial charge in [-0.25, -0.2) is 4.39 Å². The predicted molar refractivity (Wildman–Crippen MR) is 92.4 cm³/mol. The fourth-order valence-electron chi connectivity index (χ4n) is 3.42. The van der Waals surface area contributed by atoms with Crippen LogP contribution in [0.1, 0.15) is 36.3 Å². The largest absolute Gasteiger partial charge is 0.335 e. The first-order chi connectivity index (χ1) is 12.1. The van der Waals surface area contributed by atoms with Crippen LogP contribution in [0.3, 0.4) is 0 Å². The first kappa shape index (κ1) is 15.8. The van der Waals surface area contributed by atoms with Crippen molar-refractivity contribution in [2.45, 2.75) is 37.8 Å². The smallest absolute Gasteiger partial charge is 0.231 e. The molecule has 128 valence electrons. The normalized spacial score (nSPS) is 19.1. The summed E-state index contributed by atoms with van der Waals surface area (Å²) >= 11 is 0. The van der Waals surface area contributed by atoms with E-state index in [0.717, 1.165) is 18.4 Å². The van der Waals surface area contributed by atoms with Crippen molar-refractivity contribution in [2.75, 3.05) is 5.32 Å². The van der Waals surface area contributed by atoms with E-state index in [-0.39, 0.29) is 36.6 Å². The number of amides is 2. The molecule has 2 aromatic carbocycles. The van der Waals surface area contributed by atoms with Gasteiger partial charge in [-0.1, -0.05) is 36.4 Å². The highest BCUT2D eigenvalue weighted by Gasteiger charge is 2.39. The summed E-state index contributed by atoms with van der Waals surface area (Å²) in [5, 5.41) is 2.82. The molecule has 2 aromatic rings. The number of carbonyl (C=O) groups excluding carboxylic acids is 2. The fraction of sp³-hybridized carbons (Fsp3) is 0.300. The number of nitrogens with one attached hydrogen (secondary N) is 1. The molecule has 0 unspecified atom stereocenters. The second-order valence-electron chi connectivity index (χ2n) is 6.68. The molecule has 0 bridgehead atoms. The highest BCUT2D eigenvalue weighted by Crippen LogP contribution is 2.37. The molecule has 1 aliphatic heterocycles. The summed E-state index contributed by atoms with van der Waals surface area (Å²) in [5.74, 6) is -1.05. The minimum atomic E-state index is -0.502. The predicted octanol–water partition coefficient (Wildman–Crippen LogP) is 3.44. The standard InChI is InChI=1S/C20H19FN2O2/c21-17-7-3-1-5-13(17)12-23(14-9-10-14)20(25)16-11-19(24)22-18-8-4-2-6-15(16)18/h1-8,14,16H,9-12H2,(H,22,24)/t16-/m1/s1. The first-order valence-corrected chi connectivity index (χ1v) is 8.56. The van der Waals surface area contributed by atoms with Gasteiger partial charge >= 0.3 is 0 Å². The number of halogens is 1. The molecular weight excluding hydrogens is 319 g/mol. The van der Waals surface area contributed by atoms with Gasteiger partial charge in [0.25, 0.3) is 0 Å². The van der Waals surface area contributed by atoms with Crippen LogP contribution < -0.4 is 5.32 Å². The first-order valence-electron chi connectivity index (χ1n) is 8.56. The topological polar surface area (TPSA) is 49.4 Å². The van der Waals surface area contributed by atoms with Gasteiger partial charge in [-0.3, -0.25) is 9.59 Å². The summed E-state index contributed by atoms with van der Waals surface area (Å²) in [6.07, 6.45) is 2.00. The molecule has 0 saturated heterocycles. The van der Waals surface area contributed by atoms with Crippen LogP contribution in [0.25, 0.3) is 0 Å². The molecule has 5 heteroatoms. The van der Waals surface area contributed by atoms with Crippen LogP contribution in [0.5, 0.6) is 0 Å². The number of para-hydroxylation sites is 1. The molecule has 1 saturated carbocycles. The molecule has 1 fully saturated rings. The maximum atomic E-state index is 14.0. The van der Waals surface area contributed by atoms with Gasteiger partial charge in [-0.05, 0) is 30.5 Å². The monoisotopic (exact) mass is 338 g/mol. The molecule has 1 N–H and O–H groups in total. The third-order valence-electron chi connectivity index (χ3n) is 4.87. The Labute approximate surface area is 145 Å². The minimum absolute atomic E-state index is 0.0898. The van der Waals surface area contributed by atoms with E-state index < -0.39 is 5.92 Å². The van der Waals surface area contributed by atoms with E-state index in [1.165, 1.54) is 6.07 Å². The summed E-state index contributed by atoms with van der Waals surface area (Å²) in [6.45, 7) is 0.246. The third-order valence-corrected chi connectivity index (χ3v) is 4.87. The molecule has 1 aliphatic carbocycles. The molecule has 25 heavy (non-hydrogen) atoms. The van der Waals surface area contributed by atoms with E-state index in [4.69, 9.17) is 0 Å². The Morgan fingerprint density at radius 1 is 1.12 bits per heavy atom. The van der Waals surface area contributed by atoms with E-state index in [2.05, 4.69) is 5.32 Å². The highest BCUT2D eigenvalue weighted by atomic mass is 19.1. The Morgan fingerprint density at radius 3 is 2.60 bits per heavy atom. The lowest BCUT2D eigenvalue weighted by Crippen LogP contribution is -2.39. The summed E-state index contributed by atoms with van der Waals surface area (Å²) in [4.78, 5) is 27.0. The average Bonchev–Trinajstić information content (AvgIpc) is 3.44. The number of nitrogens with zero attached hydrogens (tertiary/aromatic N) is 1. The molecule has 0 spiro atoms. The van der Waals surface area contributed by atoms with Crippen LogP contribution >= 0.6 is 0 Å². The van der Waals surface area contributed by atoms with Gasteiger partial charge in [0.15, 0.2) is 0 Å². The number of anilines is 1. The molecule has 2 aliphatic rings. The van der Waals surface area contributed by atoms with Crippen molar-refractivity contribution >= 4 is 17.5 Å². The van der Waals surface area contributed by atoms with Gasteiger partial charge in [-0.2, -0.15) is 0 Å². The number of carbonyl (C=O) groups is 2. The zero-order valence-electron chi connectivity index (χ0n) is 13.7. The van der Waals surface area contributed by atoms with E-state index in [0.29, 0.717) is 11.3 Å². The van der Waals surface area contributed by atoms with Crippen molar-refractivity contribution in [3.8, 4) is 0 Å². The minimum Gasteiger partial charge on any atom is -0.335 e. The number of hydrogen-bond acceptors (Lipinski definition) is 2. The Hall–Kier alpha value is -2.69. The van der Waals surface area contributed by atoms with Gasteiger partial charge in [0, 0.05) is 30.3 Å². The summed E-state index contributed by atoms with van der Waals surface area (Å²) in [7, 11) is 0. The number of fused-ring (bicyclic) bond motifs is 1. The van der Waals surface area contributed by atoms with E-state index in [1.807, 2.05) is 24.3 Å². The second-order valence-corrected chi connectivity index (χ2v) is 6.68. The van der Waals surface area contributed by atoms with Gasteiger partial charge in [-0.15, -0.1) is 0 Å². The van der Waals surface area contributed by atoms with Gasteiger partial charge in [0.05, 0.1) is 5.92 Å². The molecule has 1 heterocycles. The molecule has 0 radical (unpaired) electrons. The van der Waals surface area contributed by atoms with Crippen LogP contribution in [0.2, 0.25) is 0 Å². The lowest BCUT2D eigenvalue weighted by atomic mass is 9.89. The van der Waals surface area contributed by atoms with Gasteiger partial charge < -0.3 is 10.2 Å². The fourth-order valence-corrected chi connectivity index (χ4v) is 3.42. The summed E-state index contributed by atoms with van der Waals surface area (Å²) < 4.78 is 14.0. The van der Waals surface area contributed by atoms with Gasteiger partial charge in [0.1, 0.15) is 5.82 Å². The molecule has 4 nitrogen and oxygen atoms in total. The van der Waals surface area contributed by atoms with E-state index in [9.17, 15) is 14.0 Å². The van der Waals surface area contributed by atoms with Crippen LogP contribution in [0.4, 0.5) is 10.1 Å². The van der Waals surface area contributed by atoms with Crippen LogP contribution in [0.15, 0.2) is 48.5 Å². The Bertz CT molecular complexity index is 832. The zero-order chi connectivity index (χ0) is 17.4. The quantitative estimate of drug-likeness (QED) is 0.928. The molecule has 0 aromatic heterocycles. The third kappa shape index (κ3) is 3.14. The Morgan fingerprint density at radius 2 is 1.84 bits per heavy atom. The lowest BCUT2D eigenvalue weighted by Gasteiger charge is -2.31. The molecule has 4 rings (SSSR count). The van der Waals surface area contributed by atoms with E-state index in [1.54, 1.807) is 23.1 Å². The van der Waals surface area contributed by atoms with Crippen LogP contribution in [-0.4, -0.2) is 22.8 Å². The molecule has 2 amide bonds. The summed E-state index contributed by atoms with van der Waals surface area (Å²) in [5.41, 5.74) is 2.04. The number of benzene rings is 2. The SMILES string of the molecule is O=C1C[C@@H](C(=O)N(Cc2ccccc2F)C2CC2)c2ccccc2N1. The van der Waals surface area contributed by atoms with Crippen LogP contribution in [0, 0.1) is 5.82 Å². The Kier molecular flexibility index (Phi) is 3.99. The molecular formula is C20H19FN2O2. The molecule has 1 atom stereocenters. The van der Waals surface area contributed by atoms with E-state index >= 15 is 0 Å². The van der Waals surface area contributed by atoms with Crippen molar-refractivity contribution in [1.29, 1.82) is 0 Å². The van der Waals surface area contributed by atoms with Crippen molar-refractivity contribution < 1.29 is 14.0 Å². The number of hydrogen-bond donors (Lipinski definition) is 1. The second kappa shape index (κ2) is 6.31. The van der Waals surface area contributed by atoms with Crippen molar-refractivity contribution in [1.82, 2.24) is 4.90 Å².